The first-order chi connectivity index (χ1) is 8.24. The molecule has 3 aromatic rings. The smallest absolute Gasteiger partial charge is 0.183 e. The van der Waals surface area contributed by atoms with E-state index in [0.717, 1.165) is 11.4 Å². The molecule has 0 spiro atoms. The molecule has 0 saturated carbocycles. The van der Waals surface area contributed by atoms with Crippen LogP contribution in [0.4, 0.5) is 5.69 Å². The Hall–Kier alpha value is -2.56. The van der Waals surface area contributed by atoms with Gasteiger partial charge in [-0.1, -0.05) is 12.1 Å². The molecule has 3 rings (SSSR count). The highest BCUT2D eigenvalue weighted by Crippen LogP contribution is 2.19. The number of fused-ring (bicyclic) bond motifs is 1. The number of hydrogen-bond donors (Lipinski definition) is 2. The molecule has 0 saturated heterocycles. The Morgan fingerprint density at radius 1 is 1.24 bits per heavy atom. The Morgan fingerprint density at radius 3 is 2.94 bits per heavy atom. The minimum absolute atomic E-state index is 0.0484. The zero-order valence-corrected chi connectivity index (χ0v) is 8.92. The number of aromatic nitrogens is 3. The summed E-state index contributed by atoms with van der Waals surface area (Å²) < 4.78 is 1.82. The van der Waals surface area contributed by atoms with E-state index in [4.69, 9.17) is 5.73 Å². The molecule has 0 aliphatic carbocycles. The quantitative estimate of drug-likeness (QED) is 0.613. The number of H-pyrrole nitrogens is 1. The second-order valence-corrected chi connectivity index (χ2v) is 3.79. The van der Waals surface area contributed by atoms with Crippen LogP contribution in [0.25, 0.3) is 17.0 Å². The van der Waals surface area contributed by atoms with Gasteiger partial charge < -0.3 is 5.73 Å². The molecule has 0 atom stereocenters. The Morgan fingerprint density at radius 2 is 2.12 bits per heavy atom. The highest BCUT2D eigenvalue weighted by molar-refractivity contribution is 5.63. The van der Waals surface area contributed by atoms with Crippen LogP contribution in [0.2, 0.25) is 0 Å². The van der Waals surface area contributed by atoms with Crippen molar-refractivity contribution in [3.05, 3.63) is 52.8 Å². The Bertz CT molecular complexity index is 741. The molecule has 0 radical (unpaired) electrons. The van der Waals surface area contributed by atoms with Gasteiger partial charge >= 0.3 is 0 Å². The molecule has 2 heterocycles. The number of pyridine rings is 1. The number of anilines is 1. The van der Waals surface area contributed by atoms with Crippen molar-refractivity contribution in [2.45, 2.75) is 0 Å². The van der Waals surface area contributed by atoms with E-state index in [1.165, 1.54) is 12.1 Å². The minimum Gasteiger partial charge on any atom is -0.399 e. The van der Waals surface area contributed by atoms with E-state index in [2.05, 4.69) is 10.2 Å². The first-order valence-electron chi connectivity index (χ1n) is 5.17. The minimum atomic E-state index is -0.0484. The summed E-state index contributed by atoms with van der Waals surface area (Å²) in [6, 6.07) is 10.4. The molecule has 84 valence electrons. The van der Waals surface area contributed by atoms with E-state index in [9.17, 15) is 4.79 Å². The number of rotatable bonds is 1. The molecule has 0 unspecified atom stereocenters. The van der Waals surface area contributed by atoms with Gasteiger partial charge in [-0.3, -0.25) is 14.3 Å². The zero-order chi connectivity index (χ0) is 11.8. The van der Waals surface area contributed by atoms with Gasteiger partial charge in [0, 0.05) is 29.6 Å². The van der Waals surface area contributed by atoms with Crippen LogP contribution in [0.3, 0.4) is 0 Å². The summed E-state index contributed by atoms with van der Waals surface area (Å²) in [5, 5.41) is 7.01. The number of hydrogen-bond acceptors (Lipinski definition) is 3. The van der Waals surface area contributed by atoms with Crippen molar-refractivity contribution in [3.8, 4) is 11.4 Å². The van der Waals surface area contributed by atoms with Gasteiger partial charge in [0.2, 0.25) is 0 Å². The summed E-state index contributed by atoms with van der Waals surface area (Å²) in [7, 11) is 0. The molecule has 5 nitrogen and oxygen atoms in total. The average molecular weight is 226 g/mol. The van der Waals surface area contributed by atoms with Crippen LogP contribution in [0.5, 0.6) is 0 Å². The first kappa shape index (κ1) is 9.65. The number of aromatic amines is 1. The lowest BCUT2D eigenvalue weighted by atomic mass is 10.2. The molecule has 5 heteroatoms. The number of nitrogens with two attached hydrogens (primary N) is 1. The van der Waals surface area contributed by atoms with E-state index in [0.29, 0.717) is 11.3 Å². The molecule has 2 aromatic heterocycles. The Labute approximate surface area is 96.5 Å². The second kappa shape index (κ2) is 3.48. The van der Waals surface area contributed by atoms with E-state index >= 15 is 0 Å². The third-order valence-electron chi connectivity index (χ3n) is 2.58. The van der Waals surface area contributed by atoms with Crippen molar-refractivity contribution < 1.29 is 0 Å². The molecule has 0 aliphatic heterocycles. The first-order valence-corrected chi connectivity index (χ1v) is 5.17. The van der Waals surface area contributed by atoms with Gasteiger partial charge in [-0.2, -0.15) is 5.10 Å². The maximum atomic E-state index is 11.2. The number of nitrogens with one attached hydrogen (secondary N) is 1. The number of nitrogen functional groups attached to an aromatic ring is 1. The lowest BCUT2D eigenvalue weighted by Crippen LogP contribution is -1.99. The van der Waals surface area contributed by atoms with Gasteiger partial charge in [-0.25, -0.2) is 0 Å². The summed E-state index contributed by atoms with van der Waals surface area (Å²) in [5.74, 6) is 0.729. The third kappa shape index (κ3) is 1.57. The number of nitrogens with zero attached hydrogens (tertiary/aromatic N) is 2. The summed E-state index contributed by atoms with van der Waals surface area (Å²) in [4.78, 5) is 11.2. The second-order valence-electron chi connectivity index (χ2n) is 3.79. The van der Waals surface area contributed by atoms with Crippen molar-refractivity contribution in [1.82, 2.24) is 14.6 Å². The van der Waals surface area contributed by atoms with Crippen molar-refractivity contribution in [2.24, 2.45) is 0 Å². The molecule has 1 aromatic carbocycles. The van der Waals surface area contributed by atoms with E-state index in [1.54, 1.807) is 6.20 Å². The largest absolute Gasteiger partial charge is 0.399 e. The monoisotopic (exact) mass is 226 g/mol. The van der Waals surface area contributed by atoms with Crippen LogP contribution < -0.4 is 11.2 Å². The highest BCUT2D eigenvalue weighted by Gasteiger charge is 2.06. The third-order valence-corrected chi connectivity index (χ3v) is 2.58. The molecule has 0 bridgehead atoms. The number of benzene rings is 1. The van der Waals surface area contributed by atoms with Crippen LogP contribution >= 0.6 is 0 Å². The maximum absolute atomic E-state index is 11.2. The van der Waals surface area contributed by atoms with Crippen molar-refractivity contribution in [1.29, 1.82) is 0 Å². The van der Waals surface area contributed by atoms with E-state index in [1.807, 2.05) is 28.7 Å². The summed E-state index contributed by atoms with van der Waals surface area (Å²) in [5.41, 5.74) is 7.93. The van der Waals surface area contributed by atoms with E-state index in [-0.39, 0.29) is 5.43 Å². The predicted molar refractivity (Wildman–Crippen MR) is 65.7 cm³/mol. The fourth-order valence-electron chi connectivity index (χ4n) is 1.80. The normalized spacial score (nSPS) is 10.8. The SMILES string of the molecule is Nc1cccc(-c2n[nH]c3cc(=O)ccn23)c1. The van der Waals surface area contributed by atoms with Crippen LogP contribution in [-0.2, 0) is 0 Å². The molecule has 0 amide bonds. The van der Waals surface area contributed by atoms with Crippen LogP contribution in [0, 0.1) is 0 Å². The Kier molecular flexibility index (Phi) is 1.98. The zero-order valence-electron chi connectivity index (χ0n) is 8.92. The highest BCUT2D eigenvalue weighted by atomic mass is 16.1. The molecule has 0 fully saturated rings. The lowest BCUT2D eigenvalue weighted by Gasteiger charge is -2.00. The van der Waals surface area contributed by atoms with Crippen LogP contribution in [0.15, 0.2) is 47.4 Å². The summed E-state index contributed by atoms with van der Waals surface area (Å²) in [6.07, 6.45) is 1.69. The summed E-state index contributed by atoms with van der Waals surface area (Å²) in [6.45, 7) is 0. The average Bonchev–Trinajstić information content (AvgIpc) is 2.71. The molecular formula is C12H10N4O. The van der Waals surface area contributed by atoms with Gasteiger partial charge in [0.05, 0.1) is 0 Å². The molecule has 3 N–H and O–H groups in total. The van der Waals surface area contributed by atoms with Gasteiger partial charge in [0.15, 0.2) is 11.3 Å². The van der Waals surface area contributed by atoms with Crippen molar-refractivity contribution in [3.63, 3.8) is 0 Å². The van der Waals surface area contributed by atoms with Crippen LogP contribution in [-0.4, -0.2) is 14.6 Å². The van der Waals surface area contributed by atoms with Gasteiger partial charge in [0.1, 0.15) is 5.65 Å². The van der Waals surface area contributed by atoms with E-state index < -0.39 is 0 Å². The standard InChI is InChI=1S/C12H10N4O/c13-9-3-1-2-8(6-9)12-15-14-11-7-10(17)4-5-16(11)12/h1-7,14H,13H2. The van der Waals surface area contributed by atoms with Gasteiger partial charge in [0.25, 0.3) is 0 Å². The van der Waals surface area contributed by atoms with Crippen LogP contribution in [0.1, 0.15) is 0 Å². The summed E-state index contributed by atoms with van der Waals surface area (Å²) >= 11 is 0. The van der Waals surface area contributed by atoms with Crippen molar-refractivity contribution in [2.75, 3.05) is 5.73 Å². The maximum Gasteiger partial charge on any atom is 0.183 e. The topological polar surface area (TPSA) is 76.2 Å². The lowest BCUT2D eigenvalue weighted by molar-refractivity contribution is 1.11. The molecular weight excluding hydrogens is 216 g/mol. The molecule has 17 heavy (non-hydrogen) atoms. The Balaban J connectivity index is 2.28. The predicted octanol–water partition coefficient (Wildman–Crippen LogP) is 1.27. The van der Waals surface area contributed by atoms with Crippen molar-refractivity contribution >= 4 is 11.3 Å². The fourth-order valence-corrected chi connectivity index (χ4v) is 1.80. The fraction of sp³-hybridized carbons (Fsp3) is 0. The molecule has 0 aliphatic rings. The van der Waals surface area contributed by atoms with Gasteiger partial charge in [-0.05, 0) is 12.1 Å². The van der Waals surface area contributed by atoms with Gasteiger partial charge in [-0.15, -0.1) is 0 Å².